The summed E-state index contributed by atoms with van der Waals surface area (Å²) in [4.78, 5) is 3.01. The van der Waals surface area contributed by atoms with Gasteiger partial charge in [-0.05, 0) is 18.2 Å². The molecule has 0 atom stereocenters. The third-order valence-electron chi connectivity index (χ3n) is 1.62. The molecular weight excluding hydrogens is 141 g/mol. The zero-order chi connectivity index (χ0) is 7.68. The fourth-order valence-corrected chi connectivity index (χ4v) is 1.09. The highest BCUT2D eigenvalue weighted by Crippen LogP contribution is 2.08. The van der Waals surface area contributed by atoms with Gasteiger partial charge < -0.3 is 0 Å². The lowest BCUT2D eigenvalue weighted by atomic mass is 10.2. The summed E-state index contributed by atoms with van der Waals surface area (Å²) in [6.45, 7) is 0. The molecule has 0 saturated carbocycles. The number of hydrogen-bond acceptors (Lipinski definition) is 0. The minimum absolute atomic E-state index is 0.197. The van der Waals surface area contributed by atoms with Crippen molar-refractivity contribution in [2.24, 2.45) is 0 Å². The van der Waals surface area contributed by atoms with E-state index in [-0.39, 0.29) is 5.82 Å². The Morgan fingerprint density at radius 2 is 2.09 bits per heavy atom. The SMILES string of the molecule is Fc1ccc2[nH+]cccc2c1. The van der Waals surface area contributed by atoms with E-state index in [9.17, 15) is 4.39 Å². The molecule has 11 heavy (non-hydrogen) atoms. The first-order valence-electron chi connectivity index (χ1n) is 3.42. The fourth-order valence-electron chi connectivity index (χ4n) is 1.09. The molecule has 1 N–H and O–H groups in total. The molecule has 1 heterocycles. The summed E-state index contributed by atoms with van der Waals surface area (Å²) in [5, 5.41) is 0.896. The summed E-state index contributed by atoms with van der Waals surface area (Å²) >= 11 is 0. The van der Waals surface area contributed by atoms with Crippen LogP contribution in [0.15, 0.2) is 36.5 Å². The van der Waals surface area contributed by atoms with Crippen LogP contribution in [0.25, 0.3) is 10.9 Å². The summed E-state index contributed by atoms with van der Waals surface area (Å²) in [5.74, 6) is -0.197. The van der Waals surface area contributed by atoms with Crippen LogP contribution in [-0.2, 0) is 0 Å². The molecule has 0 spiro atoms. The highest BCUT2D eigenvalue weighted by molar-refractivity contribution is 5.74. The Morgan fingerprint density at radius 3 is 3.00 bits per heavy atom. The molecule has 0 amide bonds. The highest BCUT2D eigenvalue weighted by atomic mass is 19.1. The Bertz CT molecular complexity index is 384. The van der Waals surface area contributed by atoms with Gasteiger partial charge in [0.15, 0.2) is 6.20 Å². The number of rotatable bonds is 0. The highest BCUT2D eigenvalue weighted by Gasteiger charge is 1.98. The number of hydrogen-bond donors (Lipinski definition) is 0. The van der Waals surface area contributed by atoms with Crippen molar-refractivity contribution in [3.63, 3.8) is 0 Å². The predicted octanol–water partition coefficient (Wildman–Crippen LogP) is 1.79. The van der Waals surface area contributed by atoms with Crippen LogP contribution in [0.3, 0.4) is 0 Å². The summed E-state index contributed by atoms with van der Waals surface area (Å²) in [7, 11) is 0. The molecule has 54 valence electrons. The second-order valence-corrected chi connectivity index (χ2v) is 2.40. The van der Waals surface area contributed by atoms with Crippen LogP contribution in [-0.4, -0.2) is 0 Å². The Labute approximate surface area is 63.5 Å². The summed E-state index contributed by atoms with van der Waals surface area (Å²) in [6, 6.07) is 8.39. The van der Waals surface area contributed by atoms with Crippen molar-refractivity contribution >= 4 is 10.9 Å². The van der Waals surface area contributed by atoms with Gasteiger partial charge in [0.25, 0.3) is 0 Å². The van der Waals surface area contributed by atoms with Crippen molar-refractivity contribution < 1.29 is 9.37 Å². The van der Waals surface area contributed by atoms with Crippen LogP contribution >= 0.6 is 0 Å². The maximum atomic E-state index is 12.6. The quantitative estimate of drug-likeness (QED) is 0.540. The molecule has 1 aromatic carbocycles. The molecule has 2 aromatic rings. The van der Waals surface area contributed by atoms with E-state index in [2.05, 4.69) is 4.98 Å². The van der Waals surface area contributed by atoms with Crippen LogP contribution in [0.5, 0.6) is 0 Å². The minimum atomic E-state index is -0.197. The van der Waals surface area contributed by atoms with Gasteiger partial charge in [0.1, 0.15) is 5.82 Å². The Kier molecular flexibility index (Phi) is 1.32. The van der Waals surface area contributed by atoms with E-state index in [1.165, 1.54) is 12.1 Å². The van der Waals surface area contributed by atoms with Gasteiger partial charge in [-0.1, -0.05) is 0 Å². The first-order chi connectivity index (χ1) is 5.36. The molecule has 2 rings (SSSR count). The molecule has 0 saturated heterocycles. The van der Waals surface area contributed by atoms with Gasteiger partial charge in [0.05, 0.1) is 0 Å². The Balaban J connectivity index is 2.83. The van der Waals surface area contributed by atoms with E-state index < -0.39 is 0 Å². The van der Waals surface area contributed by atoms with Crippen molar-refractivity contribution in [1.29, 1.82) is 0 Å². The third-order valence-corrected chi connectivity index (χ3v) is 1.62. The number of halogens is 1. The number of H-pyrrole nitrogens is 1. The zero-order valence-corrected chi connectivity index (χ0v) is 5.84. The second kappa shape index (κ2) is 2.31. The number of benzene rings is 1. The van der Waals surface area contributed by atoms with Crippen LogP contribution in [0.2, 0.25) is 0 Å². The minimum Gasteiger partial charge on any atom is -0.211 e. The molecule has 0 aliphatic heterocycles. The fraction of sp³-hybridized carbons (Fsp3) is 0. The standard InChI is InChI=1S/C9H6FN/c10-8-3-4-9-7(6-8)2-1-5-11-9/h1-6H/p+1. The van der Waals surface area contributed by atoms with Crippen LogP contribution in [0.1, 0.15) is 0 Å². The second-order valence-electron chi connectivity index (χ2n) is 2.40. The average Bonchev–Trinajstić information content (AvgIpc) is 2.04. The maximum absolute atomic E-state index is 12.6. The first kappa shape index (κ1) is 6.28. The molecule has 0 aliphatic rings. The number of aromatic amines is 1. The lowest BCUT2D eigenvalue weighted by Gasteiger charge is -1.89. The van der Waals surface area contributed by atoms with Crippen LogP contribution in [0, 0.1) is 5.82 Å². The topological polar surface area (TPSA) is 14.1 Å². The van der Waals surface area contributed by atoms with E-state index >= 15 is 0 Å². The maximum Gasteiger partial charge on any atom is 0.210 e. The first-order valence-corrected chi connectivity index (χ1v) is 3.42. The molecule has 1 nitrogen and oxygen atoms in total. The molecule has 1 aromatic heterocycles. The lowest BCUT2D eigenvalue weighted by Crippen LogP contribution is -2.00. The van der Waals surface area contributed by atoms with Crippen LogP contribution in [0.4, 0.5) is 4.39 Å². The molecule has 0 radical (unpaired) electrons. The molecule has 0 unspecified atom stereocenters. The van der Waals surface area contributed by atoms with E-state index in [1.807, 2.05) is 18.3 Å². The van der Waals surface area contributed by atoms with Gasteiger partial charge in [0.2, 0.25) is 5.52 Å². The summed E-state index contributed by atoms with van der Waals surface area (Å²) in [6.07, 6.45) is 1.82. The third kappa shape index (κ3) is 1.07. The molecule has 0 fully saturated rings. The van der Waals surface area contributed by atoms with E-state index in [1.54, 1.807) is 6.07 Å². The smallest absolute Gasteiger partial charge is 0.210 e. The van der Waals surface area contributed by atoms with Crippen molar-refractivity contribution in [3.05, 3.63) is 42.3 Å². The number of aromatic nitrogens is 1. The summed E-state index contributed by atoms with van der Waals surface area (Å²) < 4.78 is 12.6. The predicted molar refractivity (Wildman–Crippen MR) is 40.5 cm³/mol. The van der Waals surface area contributed by atoms with Gasteiger partial charge >= 0.3 is 0 Å². The average molecular weight is 148 g/mol. The molecule has 0 bridgehead atoms. The molecule has 0 aliphatic carbocycles. The summed E-state index contributed by atoms with van der Waals surface area (Å²) in [5.41, 5.74) is 0.953. The van der Waals surface area contributed by atoms with Gasteiger partial charge in [0, 0.05) is 17.5 Å². The van der Waals surface area contributed by atoms with Gasteiger partial charge in [-0.2, -0.15) is 0 Å². The molecular formula is C9H7FN+. The van der Waals surface area contributed by atoms with E-state index in [0.717, 1.165) is 10.9 Å². The lowest BCUT2D eigenvalue weighted by molar-refractivity contribution is -0.344. The van der Waals surface area contributed by atoms with Crippen LogP contribution < -0.4 is 4.98 Å². The van der Waals surface area contributed by atoms with E-state index in [4.69, 9.17) is 0 Å². The normalized spacial score (nSPS) is 10.3. The van der Waals surface area contributed by atoms with Crippen molar-refractivity contribution in [2.75, 3.05) is 0 Å². The Morgan fingerprint density at radius 1 is 1.18 bits per heavy atom. The van der Waals surface area contributed by atoms with Gasteiger partial charge in [-0.3, -0.25) is 0 Å². The van der Waals surface area contributed by atoms with Crippen molar-refractivity contribution in [2.45, 2.75) is 0 Å². The zero-order valence-electron chi connectivity index (χ0n) is 5.84. The largest absolute Gasteiger partial charge is 0.211 e. The van der Waals surface area contributed by atoms with Gasteiger partial charge in [-0.15, -0.1) is 0 Å². The number of nitrogens with one attached hydrogen (secondary N) is 1. The monoisotopic (exact) mass is 148 g/mol. The molecule has 2 heteroatoms. The number of fused-ring (bicyclic) bond motifs is 1. The Hall–Kier alpha value is -1.44. The van der Waals surface area contributed by atoms with E-state index in [0.29, 0.717) is 0 Å². The van der Waals surface area contributed by atoms with Gasteiger partial charge in [-0.25, -0.2) is 9.37 Å². The number of pyridine rings is 1. The van der Waals surface area contributed by atoms with Crippen molar-refractivity contribution in [3.8, 4) is 0 Å². The van der Waals surface area contributed by atoms with Crippen molar-refractivity contribution in [1.82, 2.24) is 0 Å².